The van der Waals surface area contributed by atoms with Crippen LogP contribution in [0, 0.1) is 0 Å². The molecule has 6 nitrogen and oxygen atoms in total. The summed E-state index contributed by atoms with van der Waals surface area (Å²) in [4.78, 5) is 22.7. The van der Waals surface area contributed by atoms with Crippen molar-refractivity contribution in [1.82, 2.24) is 9.78 Å². The van der Waals surface area contributed by atoms with Crippen LogP contribution in [0.1, 0.15) is 20.8 Å². The van der Waals surface area contributed by atoms with Gasteiger partial charge in [-0.2, -0.15) is 5.10 Å². The van der Waals surface area contributed by atoms with Crippen LogP contribution in [0.5, 0.6) is 0 Å². The average Bonchev–Trinajstić information content (AvgIpc) is 2.71. The number of rotatable bonds is 3. The van der Waals surface area contributed by atoms with Gasteiger partial charge >= 0.3 is 0 Å². The van der Waals surface area contributed by atoms with Gasteiger partial charge in [0.2, 0.25) is 0 Å². The molecule has 0 spiro atoms. The molecule has 0 fully saturated rings. The molecule has 0 aliphatic heterocycles. The van der Waals surface area contributed by atoms with E-state index in [0.717, 1.165) is 0 Å². The number of halogens is 2. The van der Waals surface area contributed by atoms with Gasteiger partial charge in [0, 0.05) is 9.50 Å². The first-order chi connectivity index (χ1) is 8.90. The molecule has 19 heavy (non-hydrogen) atoms. The number of amides is 2. The van der Waals surface area contributed by atoms with Crippen molar-refractivity contribution < 1.29 is 9.59 Å². The fraction of sp³-hybridized carbons (Fsp3) is 0. The Morgan fingerprint density at radius 2 is 1.89 bits per heavy atom. The van der Waals surface area contributed by atoms with E-state index in [9.17, 15) is 9.59 Å². The normalized spacial score (nSPS) is 10.4. The van der Waals surface area contributed by atoms with Crippen LogP contribution in [0.25, 0.3) is 5.69 Å². The molecule has 0 bridgehead atoms. The van der Waals surface area contributed by atoms with Crippen molar-refractivity contribution in [3.63, 3.8) is 0 Å². The van der Waals surface area contributed by atoms with Crippen LogP contribution in [0.3, 0.4) is 0 Å². The second-order valence-electron chi connectivity index (χ2n) is 3.67. The zero-order valence-corrected chi connectivity index (χ0v) is 11.8. The Bertz CT molecular complexity index is 663. The Labute approximate surface area is 121 Å². The first-order valence-electron chi connectivity index (χ1n) is 5.04. The lowest BCUT2D eigenvalue weighted by Crippen LogP contribution is -2.22. The van der Waals surface area contributed by atoms with E-state index in [1.54, 1.807) is 18.2 Å². The molecule has 0 atom stereocenters. The molecule has 98 valence electrons. The maximum absolute atomic E-state index is 11.5. The Kier molecular flexibility index (Phi) is 3.59. The third-order valence-electron chi connectivity index (χ3n) is 2.36. The topological polar surface area (TPSA) is 104 Å². The Morgan fingerprint density at radius 3 is 2.42 bits per heavy atom. The summed E-state index contributed by atoms with van der Waals surface area (Å²) < 4.78 is 1.92. The highest BCUT2D eigenvalue weighted by Gasteiger charge is 2.21. The smallest absolute Gasteiger partial charge is 0.268 e. The molecule has 2 aromatic rings. The lowest BCUT2D eigenvalue weighted by atomic mass is 10.2. The first kappa shape index (κ1) is 13.6. The lowest BCUT2D eigenvalue weighted by molar-refractivity contribution is 0.0963. The van der Waals surface area contributed by atoms with E-state index in [1.165, 1.54) is 10.9 Å². The van der Waals surface area contributed by atoms with Crippen molar-refractivity contribution in [3.05, 3.63) is 45.1 Å². The third kappa shape index (κ3) is 2.61. The Hall–Kier alpha value is -1.86. The zero-order chi connectivity index (χ0) is 14.2. The highest BCUT2D eigenvalue weighted by molar-refractivity contribution is 9.10. The van der Waals surface area contributed by atoms with Gasteiger partial charge in [0.1, 0.15) is 5.69 Å². The molecular formula is C11H8BrClN4O2. The molecule has 1 aromatic carbocycles. The van der Waals surface area contributed by atoms with Crippen molar-refractivity contribution >= 4 is 39.3 Å². The Morgan fingerprint density at radius 1 is 1.21 bits per heavy atom. The van der Waals surface area contributed by atoms with E-state index in [0.29, 0.717) is 15.2 Å². The molecule has 0 saturated heterocycles. The summed E-state index contributed by atoms with van der Waals surface area (Å²) >= 11 is 9.20. The summed E-state index contributed by atoms with van der Waals surface area (Å²) in [6.45, 7) is 0. The van der Waals surface area contributed by atoms with Gasteiger partial charge in [-0.15, -0.1) is 0 Å². The van der Waals surface area contributed by atoms with E-state index in [2.05, 4.69) is 21.0 Å². The standard InChI is InChI=1S/C11H8BrClN4O2/c12-5-1-6(13)3-7(2-5)17-9(11(15)19)8(4-16-17)10(14)18/h1-4H,(H2,14,18)(H2,15,19). The molecule has 4 N–H and O–H groups in total. The van der Waals surface area contributed by atoms with Crippen LogP contribution in [0.15, 0.2) is 28.9 Å². The summed E-state index contributed by atoms with van der Waals surface area (Å²) in [5.74, 6) is -1.58. The average molecular weight is 344 g/mol. The van der Waals surface area contributed by atoms with Gasteiger partial charge in [0.25, 0.3) is 11.8 Å². The minimum Gasteiger partial charge on any atom is -0.365 e. The van der Waals surface area contributed by atoms with Crippen molar-refractivity contribution in [1.29, 1.82) is 0 Å². The largest absolute Gasteiger partial charge is 0.365 e. The third-order valence-corrected chi connectivity index (χ3v) is 3.04. The van der Waals surface area contributed by atoms with Gasteiger partial charge in [0.15, 0.2) is 0 Å². The predicted octanol–water partition coefficient (Wildman–Crippen LogP) is 1.49. The van der Waals surface area contributed by atoms with Crippen LogP contribution < -0.4 is 11.5 Å². The van der Waals surface area contributed by atoms with E-state index in [4.69, 9.17) is 23.1 Å². The molecule has 0 aliphatic carbocycles. The monoisotopic (exact) mass is 342 g/mol. The van der Waals surface area contributed by atoms with Gasteiger partial charge in [-0.1, -0.05) is 27.5 Å². The van der Waals surface area contributed by atoms with Crippen LogP contribution in [0.4, 0.5) is 0 Å². The fourth-order valence-corrected chi connectivity index (χ4v) is 2.47. The molecule has 0 radical (unpaired) electrons. The number of aromatic nitrogens is 2. The SMILES string of the molecule is NC(=O)c1cnn(-c2cc(Cl)cc(Br)c2)c1C(N)=O. The summed E-state index contributed by atoms with van der Waals surface area (Å²) in [6, 6.07) is 4.93. The Balaban J connectivity index is 2.69. The van der Waals surface area contributed by atoms with Crippen molar-refractivity contribution in [3.8, 4) is 5.69 Å². The summed E-state index contributed by atoms with van der Waals surface area (Å²) in [6.07, 6.45) is 1.19. The summed E-state index contributed by atoms with van der Waals surface area (Å²) in [5.41, 5.74) is 10.8. The summed E-state index contributed by atoms with van der Waals surface area (Å²) in [5, 5.41) is 4.39. The van der Waals surface area contributed by atoms with Crippen molar-refractivity contribution in [2.75, 3.05) is 0 Å². The van der Waals surface area contributed by atoms with Gasteiger partial charge in [0.05, 0.1) is 17.4 Å². The molecule has 2 rings (SSSR count). The van der Waals surface area contributed by atoms with Gasteiger partial charge in [-0.3, -0.25) is 9.59 Å². The molecule has 0 saturated carbocycles. The lowest BCUT2D eigenvalue weighted by Gasteiger charge is -2.07. The second-order valence-corrected chi connectivity index (χ2v) is 5.03. The highest BCUT2D eigenvalue weighted by Crippen LogP contribution is 2.23. The van der Waals surface area contributed by atoms with E-state index < -0.39 is 11.8 Å². The van der Waals surface area contributed by atoms with Crippen LogP contribution >= 0.6 is 27.5 Å². The van der Waals surface area contributed by atoms with Gasteiger partial charge in [-0.05, 0) is 18.2 Å². The second kappa shape index (κ2) is 5.02. The van der Waals surface area contributed by atoms with Crippen molar-refractivity contribution in [2.45, 2.75) is 0 Å². The quantitative estimate of drug-likeness (QED) is 0.882. The highest BCUT2D eigenvalue weighted by atomic mass is 79.9. The molecule has 0 aliphatic rings. The molecule has 1 heterocycles. The maximum Gasteiger partial charge on any atom is 0.268 e. The van der Waals surface area contributed by atoms with Crippen LogP contribution in [0.2, 0.25) is 5.02 Å². The molecule has 8 heteroatoms. The first-order valence-corrected chi connectivity index (χ1v) is 6.21. The van der Waals surface area contributed by atoms with E-state index >= 15 is 0 Å². The number of hydrogen-bond acceptors (Lipinski definition) is 3. The molecule has 0 unspecified atom stereocenters. The maximum atomic E-state index is 11.5. The van der Waals surface area contributed by atoms with Gasteiger partial charge in [-0.25, -0.2) is 4.68 Å². The number of carbonyl (C=O) groups is 2. The number of nitrogens with two attached hydrogens (primary N) is 2. The zero-order valence-electron chi connectivity index (χ0n) is 9.43. The number of hydrogen-bond donors (Lipinski definition) is 2. The minimum absolute atomic E-state index is 0.0383. The van der Waals surface area contributed by atoms with Gasteiger partial charge < -0.3 is 11.5 Å². The van der Waals surface area contributed by atoms with E-state index in [-0.39, 0.29) is 11.3 Å². The number of benzene rings is 1. The summed E-state index contributed by atoms with van der Waals surface area (Å²) in [7, 11) is 0. The predicted molar refractivity (Wildman–Crippen MR) is 73.3 cm³/mol. The minimum atomic E-state index is -0.803. The molecule has 1 aromatic heterocycles. The van der Waals surface area contributed by atoms with E-state index in [1.807, 2.05) is 0 Å². The number of primary amides is 2. The number of carbonyl (C=O) groups excluding carboxylic acids is 2. The number of nitrogens with zero attached hydrogens (tertiary/aromatic N) is 2. The molecular weight excluding hydrogens is 336 g/mol. The van der Waals surface area contributed by atoms with Crippen molar-refractivity contribution in [2.24, 2.45) is 11.5 Å². The van der Waals surface area contributed by atoms with Crippen LogP contribution in [-0.2, 0) is 0 Å². The van der Waals surface area contributed by atoms with Crippen LogP contribution in [-0.4, -0.2) is 21.6 Å². The fourth-order valence-electron chi connectivity index (χ4n) is 1.62. The molecule has 2 amide bonds.